The van der Waals surface area contributed by atoms with E-state index in [-0.39, 0.29) is 5.41 Å². The van der Waals surface area contributed by atoms with Crippen molar-refractivity contribution in [1.29, 1.82) is 0 Å². The highest BCUT2D eigenvalue weighted by atomic mass is 35.5. The molecular weight excluding hydrogens is 376 g/mol. The van der Waals surface area contributed by atoms with Crippen LogP contribution in [0.5, 0.6) is 0 Å². The van der Waals surface area contributed by atoms with Crippen LogP contribution in [0, 0.1) is 13.8 Å². The SMILES string of the molecule is Cc1cc(C(C)(C)C)cc(C)c1CSc1nnc(-c2cccc(Cl)c2)n1N. The van der Waals surface area contributed by atoms with Crippen molar-refractivity contribution in [2.75, 3.05) is 5.84 Å². The average molecular weight is 401 g/mol. The van der Waals surface area contributed by atoms with E-state index < -0.39 is 0 Å². The van der Waals surface area contributed by atoms with Gasteiger partial charge >= 0.3 is 0 Å². The molecule has 0 saturated carbocycles. The lowest BCUT2D eigenvalue weighted by Gasteiger charge is -2.22. The van der Waals surface area contributed by atoms with Crippen LogP contribution in [0.2, 0.25) is 5.02 Å². The van der Waals surface area contributed by atoms with Crippen LogP contribution in [0.4, 0.5) is 0 Å². The zero-order chi connectivity index (χ0) is 19.8. The van der Waals surface area contributed by atoms with Gasteiger partial charge in [-0.2, -0.15) is 0 Å². The molecule has 142 valence electrons. The van der Waals surface area contributed by atoms with Gasteiger partial charge in [-0.1, -0.05) is 68.4 Å². The molecule has 1 aromatic heterocycles. The summed E-state index contributed by atoms with van der Waals surface area (Å²) in [5.74, 6) is 7.64. The van der Waals surface area contributed by atoms with Crippen LogP contribution in [0.25, 0.3) is 11.4 Å². The molecule has 0 aliphatic rings. The van der Waals surface area contributed by atoms with E-state index in [1.165, 1.54) is 26.9 Å². The Kier molecular flexibility index (Phi) is 5.54. The number of thioether (sulfide) groups is 1. The number of rotatable bonds is 4. The summed E-state index contributed by atoms with van der Waals surface area (Å²) >= 11 is 7.66. The standard InChI is InChI=1S/C21H25ClN4S/c1-13-9-16(21(3,4)5)10-14(2)18(13)12-27-20-25-24-19(26(20)23)15-7-6-8-17(22)11-15/h6-11H,12,23H2,1-5H3. The molecule has 2 aromatic carbocycles. The van der Waals surface area contributed by atoms with Crippen molar-refractivity contribution < 1.29 is 0 Å². The summed E-state index contributed by atoms with van der Waals surface area (Å²) in [6.07, 6.45) is 0. The molecule has 0 saturated heterocycles. The summed E-state index contributed by atoms with van der Waals surface area (Å²) < 4.78 is 1.53. The second kappa shape index (κ2) is 7.56. The Bertz CT molecular complexity index is 950. The summed E-state index contributed by atoms with van der Waals surface area (Å²) in [5, 5.41) is 9.83. The van der Waals surface area contributed by atoms with Crippen LogP contribution in [-0.2, 0) is 11.2 Å². The number of aromatic nitrogens is 3. The zero-order valence-electron chi connectivity index (χ0n) is 16.4. The Labute approximate surface area is 170 Å². The molecule has 0 unspecified atom stereocenters. The minimum Gasteiger partial charge on any atom is -0.335 e. The summed E-state index contributed by atoms with van der Waals surface area (Å²) in [5.41, 5.74) is 6.27. The largest absolute Gasteiger partial charge is 0.335 e. The molecule has 0 radical (unpaired) electrons. The van der Waals surface area contributed by atoms with Crippen molar-refractivity contribution in [1.82, 2.24) is 14.9 Å². The fourth-order valence-corrected chi connectivity index (χ4v) is 4.23. The quantitative estimate of drug-likeness (QED) is 0.462. The highest BCUT2D eigenvalue weighted by Gasteiger charge is 2.18. The van der Waals surface area contributed by atoms with Crippen LogP contribution in [-0.4, -0.2) is 14.9 Å². The molecule has 1 heterocycles. The molecule has 6 heteroatoms. The van der Waals surface area contributed by atoms with Crippen LogP contribution in [0.1, 0.15) is 43.0 Å². The van der Waals surface area contributed by atoms with Gasteiger partial charge in [-0.15, -0.1) is 10.2 Å². The zero-order valence-corrected chi connectivity index (χ0v) is 17.9. The van der Waals surface area contributed by atoms with Crippen molar-refractivity contribution in [2.24, 2.45) is 0 Å². The lowest BCUT2D eigenvalue weighted by molar-refractivity contribution is 0.589. The van der Waals surface area contributed by atoms with Gasteiger partial charge in [-0.3, -0.25) is 0 Å². The predicted octanol–water partition coefficient (Wildman–Crippen LogP) is 5.52. The van der Waals surface area contributed by atoms with E-state index in [4.69, 9.17) is 17.4 Å². The van der Waals surface area contributed by atoms with Gasteiger partial charge in [0.15, 0.2) is 5.82 Å². The smallest absolute Gasteiger partial charge is 0.210 e. The number of halogens is 1. The molecule has 0 spiro atoms. The topological polar surface area (TPSA) is 56.7 Å². The van der Waals surface area contributed by atoms with Crippen molar-refractivity contribution in [3.63, 3.8) is 0 Å². The van der Waals surface area contributed by atoms with Crippen molar-refractivity contribution >= 4 is 23.4 Å². The van der Waals surface area contributed by atoms with E-state index in [1.54, 1.807) is 11.8 Å². The second-order valence-corrected chi connectivity index (χ2v) is 9.19. The van der Waals surface area contributed by atoms with E-state index in [9.17, 15) is 0 Å². The van der Waals surface area contributed by atoms with E-state index in [0.29, 0.717) is 16.0 Å². The average Bonchev–Trinajstić information content (AvgIpc) is 2.94. The van der Waals surface area contributed by atoms with E-state index >= 15 is 0 Å². The Morgan fingerprint density at radius 2 is 1.74 bits per heavy atom. The van der Waals surface area contributed by atoms with Gasteiger partial charge in [0.1, 0.15) is 0 Å². The van der Waals surface area contributed by atoms with Crippen LogP contribution in [0.3, 0.4) is 0 Å². The summed E-state index contributed by atoms with van der Waals surface area (Å²) in [7, 11) is 0. The minimum atomic E-state index is 0.143. The lowest BCUT2D eigenvalue weighted by Crippen LogP contribution is -2.13. The molecule has 0 bridgehead atoms. The van der Waals surface area contributed by atoms with Crippen LogP contribution < -0.4 is 5.84 Å². The molecule has 2 N–H and O–H groups in total. The number of nitrogen functional groups attached to an aromatic ring is 1. The summed E-state index contributed by atoms with van der Waals surface area (Å²) in [6, 6.07) is 12.0. The third-order valence-corrected chi connectivity index (χ3v) is 5.86. The van der Waals surface area contributed by atoms with E-state index in [2.05, 4.69) is 56.9 Å². The fraction of sp³-hybridized carbons (Fsp3) is 0.333. The highest BCUT2D eigenvalue weighted by molar-refractivity contribution is 7.98. The molecule has 3 aromatic rings. The van der Waals surface area contributed by atoms with E-state index in [0.717, 1.165) is 11.3 Å². The molecule has 0 amide bonds. The maximum atomic E-state index is 6.23. The van der Waals surface area contributed by atoms with Gasteiger partial charge < -0.3 is 5.84 Å². The van der Waals surface area contributed by atoms with Crippen molar-refractivity contribution in [3.8, 4) is 11.4 Å². The maximum Gasteiger partial charge on any atom is 0.210 e. The normalized spacial score (nSPS) is 11.8. The molecule has 3 rings (SSSR count). The minimum absolute atomic E-state index is 0.143. The number of benzene rings is 2. The monoisotopic (exact) mass is 400 g/mol. The van der Waals surface area contributed by atoms with Gasteiger partial charge in [0.05, 0.1) is 0 Å². The predicted molar refractivity (Wildman–Crippen MR) is 115 cm³/mol. The summed E-state index contributed by atoms with van der Waals surface area (Å²) in [4.78, 5) is 0. The van der Waals surface area contributed by atoms with Crippen molar-refractivity contribution in [2.45, 2.75) is 50.9 Å². The Hall–Kier alpha value is -1.98. The van der Waals surface area contributed by atoms with Gasteiger partial charge in [-0.05, 0) is 53.6 Å². The molecule has 4 nitrogen and oxygen atoms in total. The van der Waals surface area contributed by atoms with Gasteiger partial charge in [0.25, 0.3) is 0 Å². The second-order valence-electron chi connectivity index (χ2n) is 7.81. The third kappa shape index (κ3) is 4.30. The molecular formula is C21H25ClN4S. The van der Waals surface area contributed by atoms with Gasteiger partial charge in [0, 0.05) is 16.3 Å². The Morgan fingerprint density at radius 3 is 2.33 bits per heavy atom. The fourth-order valence-electron chi connectivity index (χ4n) is 2.99. The molecule has 0 aliphatic heterocycles. The lowest BCUT2D eigenvalue weighted by atomic mass is 9.84. The van der Waals surface area contributed by atoms with Gasteiger partial charge in [0.2, 0.25) is 5.16 Å². The Morgan fingerprint density at radius 1 is 1.07 bits per heavy atom. The number of hydrogen-bond donors (Lipinski definition) is 1. The number of aryl methyl sites for hydroxylation is 2. The van der Waals surface area contributed by atoms with E-state index in [1.807, 2.05) is 24.3 Å². The first-order chi connectivity index (χ1) is 12.7. The number of nitrogens with two attached hydrogens (primary N) is 1. The van der Waals surface area contributed by atoms with Gasteiger partial charge in [-0.25, -0.2) is 4.68 Å². The van der Waals surface area contributed by atoms with Crippen LogP contribution in [0.15, 0.2) is 41.6 Å². The first-order valence-corrected chi connectivity index (χ1v) is 10.2. The molecule has 0 fully saturated rings. The number of hydrogen-bond acceptors (Lipinski definition) is 4. The first kappa shape index (κ1) is 19.8. The molecule has 27 heavy (non-hydrogen) atoms. The highest BCUT2D eigenvalue weighted by Crippen LogP contribution is 2.31. The molecule has 0 aliphatic carbocycles. The van der Waals surface area contributed by atoms with Crippen molar-refractivity contribution in [3.05, 3.63) is 63.7 Å². The van der Waals surface area contributed by atoms with Crippen LogP contribution >= 0.6 is 23.4 Å². The maximum absolute atomic E-state index is 6.23. The summed E-state index contributed by atoms with van der Waals surface area (Å²) in [6.45, 7) is 11.1. The molecule has 0 atom stereocenters. The Balaban J connectivity index is 1.82. The first-order valence-electron chi connectivity index (χ1n) is 8.86. The third-order valence-electron chi connectivity index (χ3n) is 4.66. The number of nitrogens with zero attached hydrogens (tertiary/aromatic N) is 3.